The standard InChI is InChI=1S/C22H33N5O7S/c1-12(25-20(31)15(23)9-10-35-2)19(30)26-16(7-8-18(24)29)21(32)27-17(22(33)34)11-13-3-5-14(28)6-4-13/h3-6,12,15-17,28H,7-11,23H2,1-2H3,(H2,24,29)(H,25,31)(H,26,30)(H,27,32)(H,33,34). The zero-order valence-corrected chi connectivity index (χ0v) is 20.5. The summed E-state index contributed by atoms with van der Waals surface area (Å²) < 4.78 is 0. The second-order valence-electron chi connectivity index (χ2n) is 7.95. The molecule has 1 aromatic carbocycles. The van der Waals surface area contributed by atoms with E-state index in [0.717, 1.165) is 0 Å². The highest BCUT2D eigenvalue weighted by molar-refractivity contribution is 7.98. The summed E-state index contributed by atoms with van der Waals surface area (Å²) in [5, 5.41) is 26.2. The number of carbonyl (C=O) groups excluding carboxylic acids is 4. The number of benzene rings is 1. The molecule has 4 amide bonds. The molecule has 35 heavy (non-hydrogen) atoms. The molecule has 0 radical (unpaired) electrons. The molecule has 0 aliphatic heterocycles. The largest absolute Gasteiger partial charge is 0.508 e. The summed E-state index contributed by atoms with van der Waals surface area (Å²) in [5.74, 6) is -3.43. The molecule has 4 unspecified atom stereocenters. The molecule has 13 heteroatoms. The van der Waals surface area contributed by atoms with Crippen LogP contribution in [0.1, 0.15) is 31.7 Å². The monoisotopic (exact) mass is 511 g/mol. The van der Waals surface area contributed by atoms with Gasteiger partial charge in [0.15, 0.2) is 0 Å². The van der Waals surface area contributed by atoms with Gasteiger partial charge in [-0.25, -0.2) is 4.79 Å². The number of phenols is 1. The number of aromatic hydroxyl groups is 1. The Kier molecular flexibility index (Phi) is 12.6. The fraction of sp³-hybridized carbons (Fsp3) is 0.500. The zero-order chi connectivity index (χ0) is 26.5. The van der Waals surface area contributed by atoms with Crippen molar-refractivity contribution in [2.24, 2.45) is 11.5 Å². The predicted octanol–water partition coefficient (Wildman–Crippen LogP) is -1.16. The van der Waals surface area contributed by atoms with Crippen LogP contribution in [0.4, 0.5) is 0 Å². The van der Waals surface area contributed by atoms with E-state index in [0.29, 0.717) is 17.7 Å². The van der Waals surface area contributed by atoms with Crippen LogP contribution in [0.15, 0.2) is 24.3 Å². The maximum atomic E-state index is 12.8. The number of hydrogen-bond acceptors (Lipinski definition) is 8. The Balaban J connectivity index is 2.86. The molecule has 0 aromatic heterocycles. The van der Waals surface area contributed by atoms with E-state index >= 15 is 0 Å². The van der Waals surface area contributed by atoms with E-state index in [1.54, 1.807) is 0 Å². The van der Waals surface area contributed by atoms with E-state index in [2.05, 4.69) is 16.0 Å². The maximum Gasteiger partial charge on any atom is 0.326 e. The molecule has 1 rings (SSSR count). The van der Waals surface area contributed by atoms with Gasteiger partial charge in [-0.2, -0.15) is 11.8 Å². The molecular weight excluding hydrogens is 478 g/mol. The van der Waals surface area contributed by atoms with Crippen molar-refractivity contribution in [1.29, 1.82) is 0 Å². The minimum absolute atomic E-state index is 0.00492. The third-order valence-electron chi connectivity index (χ3n) is 5.02. The number of rotatable bonds is 15. The number of nitrogens with one attached hydrogen (secondary N) is 3. The number of primary amides is 1. The minimum atomic E-state index is -1.34. The third-order valence-corrected chi connectivity index (χ3v) is 5.67. The van der Waals surface area contributed by atoms with Crippen LogP contribution in [0, 0.1) is 0 Å². The van der Waals surface area contributed by atoms with Crippen LogP contribution in [0.5, 0.6) is 5.75 Å². The van der Waals surface area contributed by atoms with Crippen LogP contribution in [0.2, 0.25) is 0 Å². The number of carbonyl (C=O) groups is 5. The number of carboxylic acid groups (broad SMARTS) is 1. The van der Waals surface area contributed by atoms with Crippen LogP contribution >= 0.6 is 11.8 Å². The van der Waals surface area contributed by atoms with Crippen molar-refractivity contribution in [1.82, 2.24) is 16.0 Å². The molecule has 0 aliphatic rings. The summed E-state index contributed by atoms with van der Waals surface area (Å²) in [5.41, 5.74) is 11.5. The van der Waals surface area contributed by atoms with Gasteiger partial charge in [0.05, 0.1) is 6.04 Å². The van der Waals surface area contributed by atoms with Gasteiger partial charge in [0, 0.05) is 12.8 Å². The summed E-state index contributed by atoms with van der Waals surface area (Å²) in [6.07, 6.45) is 1.79. The Bertz CT molecular complexity index is 897. The van der Waals surface area contributed by atoms with Gasteiger partial charge in [-0.1, -0.05) is 12.1 Å². The molecule has 194 valence electrons. The first-order valence-electron chi connectivity index (χ1n) is 10.9. The second kappa shape index (κ2) is 14.8. The average Bonchev–Trinajstić information content (AvgIpc) is 2.80. The molecule has 12 nitrogen and oxygen atoms in total. The number of phenolic OH excluding ortho intramolecular Hbond substituents is 1. The van der Waals surface area contributed by atoms with Gasteiger partial charge in [0.1, 0.15) is 23.9 Å². The Hall–Kier alpha value is -3.32. The lowest BCUT2D eigenvalue weighted by molar-refractivity contribution is -0.142. The van der Waals surface area contributed by atoms with E-state index in [1.165, 1.54) is 43.0 Å². The van der Waals surface area contributed by atoms with Crippen molar-refractivity contribution in [3.63, 3.8) is 0 Å². The van der Waals surface area contributed by atoms with Crippen LogP contribution in [0.25, 0.3) is 0 Å². The lowest BCUT2D eigenvalue weighted by Gasteiger charge is -2.23. The van der Waals surface area contributed by atoms with Crippen LogP contribution in [-0.2, 0) is 30.4 Å². The summed E-state index contributed by atoms with van der Waals surface area (Å²) in [7, 11) is 0. The quantitative estimate of drug-likeness (QED) is 0.151. The molecule has 0 fully saturated rings. The first-order valence-corrected chi connectivity index (χ1v) is 12.3. The first kappa shape index (κ1) is 29.7. The van der Waals surface area contributed by atoms with Crippen LogP contribution in [0.3, 0.4) is 0 Å². The van der Waals surface area contributed by atoms with E-state index in [9.17, 15) is 34.2 Å². The van der Waals surface area contributed by atoms with Crippen LogP contribution < -0.4 is 27.4 Å². The lowest BCUT2D eigenvalue weighted by Crippen LogP contribution is -2.56. The van der Waals surface area contributed by atoms with Crippen molar-refractivity contribution in [3.05, 3.63) is 29.8 Å². The van der Waals surface area contributed by atoms with E-state index in [1.807, 2.05) is 6.26 Å². The molecule has 4 atom stereocenters. The number of aliphatic carboxylic acids is 1. The fourth-order valence-electron chi connectivity index (χ4n) is 2.95. The van der Waals surface area contributed by atoms with Crippen molar-refractivity contribution in [3.8, 4) is 5.75 Å². The molecule has 0 spiro atoms. The molecule has 0 bridgehead atoms. The summed E-state index contributed by atoms with van der Waals surface area (Å²) in [6, 6.07) is 1.33. The minimum Gasteiger partial charge on any atom is -0.508 e. The van der Waals surface area contributed by atoms with Gasteiger partial charge in [0.25, 0.3) is 0 Å². The second-order valence-corrected chi connectivity index (χ2v) is 8.94. The number of hydrogen-bond donors (Lipinski definition) is 7. The first-order chi connectivity index (χ1) is 16.4. The van der Waals surface area contributed by atoms with Crippen molar-refractivity contribution in [2.75, 3.05) is 12.0 Å². The van der Waals surface area contributed by atoms with Crippen LogP contribution in [-0.4, -0.2) is 76.0 Å². The smallest absolute Gasteiger partial charge is 0.326 e. The van der Waals surface area contributed by atoms with Crippen molar-refractivity contribution in [2.45, 2.75) is 56.8 Å². The Morgan fingerprint density at radius 3 is 2.09 bits per heavy atom. The number of carboxylic acids is 1. The highest BCUT2D eigenvalue weighted by Gasteiger charge is 2.29. The number of nitrogens with two attached hydrogens (primary N) is 2. The Labute approximate surface area is 207 Å². The molecule has 0 aliphatic carbocycles. The molecule has 0 saturated carbocycles. The highest BCUT2D eigenvalue weighted by Crippen LogP contribution is 2.12. The normalized spacial score (nSPS) is 14.1. The maximum absolute atomic E-state index is 12.8. The Morgan fingerprint density at radius 1 is 0.943 bits per heavy atom. The van der Waals surface area contributed by atoms with Gasteiger partial charge < -0.3 is 37.6 Å². The highest BCUT2D eigenvalue weighted by atomic mass is 32.2. The van der Waals surface area contributed by atoms with E-state index in [-0.39, 0.29) is 25.0 Å². The van der Waals surface area contributed by atoms with Gasteiger partial charge in [0.2, 0.25) is 23.6 Å². The van der Waals surface area contributed by atoms with Gasteiger partial charge in [-0.05, 0) is 49.5 Å². The fourth-order valence-corrected chi connectivity index (χ4v) is 3.44. The van der Waals surface area contributed by atoms with Crippen molar-refractivity contribution < 1.29 is 34.2 Å². The van der Waals surface area contributed by atoms with Gasteiger partial charge in [-0.3, -0.25) is 19.2 Å². The number of amides is 4. The zero-order valence-electron chi connectivity index (χ0n) is 19.7. The van der Waals surface area contributed by atoms with E-state index < -0.39 is 53.8 Å². The third kappa shape index (κ3) is 11.1. The van der Waals surface area contributed by atoms with E-state index in [4.69, 9.17) is 11.5 Å². The predicted molar refractivity (Wildman–Crippen MR) is 130 cm³/mol. The molecule has 1 aromatic rings. The molecule has 0 saturated heterocycles. The number of thioether (sulfide) groups is 1. The average molecular weight is 512 g/mol. The SMILES string of the molecule is CSCCC(N)C(=O)NC(C)C(=O)NC(CCC(N)=O)C(=O)NC(Cc1ccc(O)cc1)C(=O)O. The Morgan fingerprint density at radius 2 is 1.54 bits per heavy atom. The summed E-state index contributed by atoms with van der Waals surface area (Å²) >= 11 is 1.53. The summed E-state index contributed by atoms with van der Waals surface area (Å²) in [4.78, 5) is 60.5. The van der Waals surface area contributed by atoms with Gasteiger partial charge in [-0.15, -0.1) is 0 Å². The molecule has 0 heterocycles. The summed E-state index contributed by atoms with van der Waals surface area (Å²) in [6.45, 7) is 1.41. The van der Waals surface area contributed by atoms with Gasteiger partial charge >= 0.3 is 5.97 Å². The van der Waals surface area contributed by atoms with Crippen molar-refractivity contribution >= 4 is 41.4 Å². The topological polar surface area (TPSA) is 214 Å². The molecule has 9 N–H and O–H groups in total. The lowest BCUT2D eigenvalue weighted by atomic mass is 10.0. The molecular formula is C22H33N5O7S.